The second-order valence-corrected chi connectivity index (χ2v) is 7.68. The molecular formula is C18H32O11. The Morgan fingerprint density at radius 1 is 0.828 bits per heavy atom. The molecule has 2 rings (SSSR count). The van der Waals surface area contributed by atoms with Gasteiger partial charge in [-0.3, -0.25) is 0 Å². The van der Waals surface area contributed by atoms with E-state index in [9.17, 15) is 35.4 Å². The lowest BCUT2D eigenvalue weighted by atomic mass is 9.90. The number of hydrogen-bond donors (Lipinski definition) is 7. The summed E-state index contributed by atoms with van der Waals surface area (Å²) < 4.78 is 16.1. The molecule has 0 saturated carbocycles. The minimum Gasteiger partial charge on any atom is -0.480 e. The molecule has 2 saturated heterocycles. The molecule has 11 heteroatoms. The fourth-order valence-corrected chi connectivity index (χ4v) is 3.83. The lowest BCUT2D eigenvalue weighted by Crippen LogP contribution is -2.59. The van der Waals surface area contributed by atoms with E-state index in [2.05, 4.69) is 0 Å². The maximum atomic E-state index is 10.7. The van der Waals surface area contributed by atoms with Crippen molar-refractivity contribution in [2.75, 3.05) is 13.2 Å². The second-order valence-electron chi connectivity index (χ2n) is 7.68. The molecule has 0 aromatic heterocycles. The molecule has 0 aromatic rings. The van der Waals surface area contributed by atoms with E-state index < -0.39 is 80.2 Å². The normalized spacial score (nSPS) is 43.3. The van der Waals surface area contributed by atoms with Gasteiger partial charge < -0.3 is 50.0 Å². The maximum Gasteiger partial charge on any atom is 0.329 e. The van der Waals surface area contributed by atoms with Crippen LogP contribution in [0.2, 0.25) is 0 Å². The third kappa shape index (κ3) is 6.06. The molecule has 2 fully saturated rings. The van der Waals surface area contributed by atoms with Gasteiger partial charge in [-0.1, -0.05) is 12.8 Å². The van der Waals surface area contributed by atoms with E-state index in [1.165, 1.54) is 0 Å². The number of hydrogen-bond acceptors (Lipinski definition) is 10. The van der Waals surface area contributed by atoms with Gasteiger partial charge in [-0.2, -0.15) is 0 Å². The highest BCUT2D eigenvalue weighted by Gasteiger charge is 2.45. The first-order valence-electron chi connectivity index (χ1n) is 9.82. The van der Waals surface area contributed by atoms with Gasteiger partial charge in [0, 0.05) is 0 Å². The maximum absolute atomic E-state index is 10.7. The zero-order valence-corrected chi connectivity index (χ0v) is 16.3. The average molecular weight is 424 g/mol. The molecule has 2 aliphatic heterocycles. The highest BCUT2D eigenvalue weighted by Crippen LogP contribution is 2.28. The summed E-state index contributed by atoms with van der Waals surface area (Å²) in [5.74, 6) is -1.25. The number of carboxylic acid groups (broad SMARTS) is 1. The van der Waals surface area contributed by atoms with Crippen LogP contribution in [0.5, 0.6) is 0 Å². The van der Waals surface area contributed by atoms with E-state index >= 15 is 0 Å². The minimum absolute atomic E-state index is 0.334. The standard InChI is InChI=1S/C18H32O11/c1-8-13(22)17(26)14(23)9(28-8)4-2-3-5-10-15(24)18(27-7-12(20)21)16(25)11(6-19)29-10/h8-11,13-19,22-26H,2-7H2,1H3,(H,20,21). The highest BCUT2D eigenvalue weighted by molar-refractivity contribution is 5.68. The number of aliphatic carboxylic acids is 1. The second kappa shape index (κ2) is 10.9. The van der Waals surface area contributed by atoms with Crippen LogP contribution < -0.4 is 0 Å². The van der Waals surface area contributed by atoms with Gasteiger partial charge in [-0.15, -0.1) is 0 Å². The molecule has 11 nitrogen and oxygen atoms in total. The summed E-state index contributed by atoms with van der Waals surface area (Å²) in [5.41, 5.74) is 0. The molecule has 0 aliphatic carbocycles. The summed E-state index contributed by atoms with van der Waals surface area (Å²) in [4.78, 5) is 10.7. The number of rotatable bonds is 9. The lowest BCUT2D eigenvalue weighted by Gasteiger charge is -2.42. The largest absolute Gasteiger partial charge is 0.480 e. The molecule has 2 heterocycles. The Morgan fingerprint density at radius 2 is 1.38 bits per heavy atom. The third-order valence-corrected chi connectivity index (χ3v) is 5.54. The van der Waals surface area contributed by atoms with Crippen LogP contribution in [0.4, 0.5) is 0 Å². The summed E-state index contributed by atoms with van der Waals surface area (Å²) in [6, 6.07) is 0. The van der Waals surface area contributed by atoms with E-state index in [1.54, 1.807) is 6.92 Å². The molecular weight excluding hydrogens is 392 g/mol. The molecule has 0 radical (unpaired) electrons. The quantitative estimate of drug-likeness (QED) is 0.192. The van der Waals surface area contributed by atoms with Crippen molar-refractivity contribution in [3.63, 3.8) is 0 Å². The third-order valence-electron chi connectivity index (χ3n) is 5.54. The summed E-state index contributed by atoms with van der Waals surface area (Å²) in [6.07, 6.45) is -8.72. The van der Waals surface area contributed by atoms with Crippen molar-refractivity contribution >= 4 is 5.97 Å². The molecule has 10 unspecified atom stereocenters. The monoisotopic (exact) mass is 424 g/mol. The lowest BCUT2D eigenvalue weighted by molar-refractivity contribution is -0.243. The predicted octanol–water partition coefficient (Wildman–Crippen LogP) is -2.63. The van der Waals surface area contributed by atoms with Crippen molar-refractivity contribution in [3.05, 3.63) is 0 Å². The van der Waals surface area contributed by atoms with Crippen LogP contribution in [0, 0.1) is 0 Å². The van der Waals surface area contributed by atoms with Gasteiger partial charge in [0.15, 0.2) is 0 Å². The van der Waals surface area contributed by atoms with Gasteiger partial charge >= 0.3 is 5.97 Å². The first-order valence-corrected chi connectivity index (χ1v) is 9.82. The Kier molecular flexibility index (Phi) is 9.19. The predicted molar refractivity (Wildman–Crippen MR) is 96.0 cm³/mol. The van der Waals surface area contributed by atoms with Gasteiger partial charge in [-0.05, 0) is 19.8 Å². The zero-order valence-electron chi connectivity index (χ0n) is 16.3. The minimum atomic E-state index is -1.37. The van der Waals surface area contributed by atoms with Crippen LogP contribution in [-0.2, 0) is 19.0 Å². The van der Waals surface area contributed by atoms with Crippen LogP contribution in [0.25, 0.3) is 0 Å². The Balaban J connectivity index is 1.84. The van der Waals surface area contributed by atoms with Crippen molar-refractivity contribution in [1.82, 2.24) is 0 Å². The fourth-order valence-electron chi connectivity index (χ4n) is 3.83. The van der Waals surface area contributed by atoms with Crippen LogP contribution in [0.1, 0.15) is 32.6 Å². The molecule has 2 aliphatic rings. The van der Waals surface area contributed by atoms with E-state index in [1.807, 2.05) is 0 Å². The number of carboxylic acids is 1. The number of unbranched alkanes of at least 4 members (excludes halogenated alkanes) is 1. The van der Waals surface area contributed by atoms with Crippen molar-refractivity contribution < 1.29 is 54.8 Å². The molecule has 7 N–H and O–H groups in total. The van der Waals surface area contributed by atoms with Crippen molar-refractivity contribution in [2.24, 2.45) is 0 Å². The first kappa shape index (κ1) is 24.4. The molecule has 170 valence electrons. The van der Waals surface area contributed by atoms with E-state index in [-0.39, 0.29) is 0 Å². The topological polar surface area (TPSA) is 186 Å². The fraction of sp³-hybridized carbons (Fsp3) is 0.944. The van der Waals surface area contributed by atoms with Crippen LogP contribution in [0.3, 0.4) is 0 Å². The van der Waals surface area contributed by atoms with E-state index in [0.29, 0.717) is 25.7 Å². The Morgan fingerprint density at radius 3 is 1.93 bits per heavy atom. The summed E-state index contributed by atoms with van der Waals surface area (Å²) in [7, 11) is 0. The average Bonchev–Trinajstić information content (AvgIpc) is 2.68. The SMILES string of the molecule is CC1OC(CCCCC2OC(CO)C(O)C(OCC(=O)O)C2O)C(O)C(O)C1O. The van der Waals surface area contributed by atoms with E-state index in [4.69, 9.17) is 19.3 Å². The summed E-state index contributed by atoms with van der Waals surface area (Å²) in [5, 5.41) is 68.2. The van der Waals surface area contributed by atoms with Crippen molar-refractivity contribution in [3.8, 4) is 0 Å². The van der Waals surface area contributed by atoms with Crippen LogP contribution >= 0.6 is 0 Å². The van der Waals surface area contributed by atoms with Gasteiger partial charge in [0.1, 0.15) is 49.3 Å². The van der Waals surface area contributed by atoms with Crippen molar-refractivity contribution in [1.29, 1.82) is 0 Å². The number of carbonyl (C=O) groups is 1. The Labute approximate surface area is 168 Å². The Bertz CT molecular complexity index is 518. The van der Waals surface area contributed by atoms with Gasteiger partial charge in [-0.25, -0.2) is 4.79 Å². The van der Waals surface area contributed by atoms with Gasteiger partial charge in [0.2, 0.25) is 0 Å². The molecule has 29 heavy (non-hydrogen) atoms. The molecule has 0 bridgehead atoms. The zero-order chi connectivity index (χ0) is 21.7. The van der Waals surface area contributed by atoms with Crippen molar-refractivity contribution in [2.45, 2.75) is 93.6 Å². The molecule has 10 atom stereocenters. The van der Waals surface area contributed by atoms with E-state index in [0.717, 1.165) is 0 Å². The number of aliphatic hydroxyl groups is 6. The molecule has 0 aromatic carbocycles. The Hall–Kier alpha value is -0.890. The van der Waals surface area contributed by atoms with Crippen LogP contribution in [0.15, 0.2) is 0 Å². The molecule has 0 spiro atoms. The first-order chi connectivity index (χ1) is 13.7. The highest BCUT2D eigenvalue weighted by atomic mass is 16.6. The van der Waals surface area contributed by atoms with Gasteiger partial charge in [0.25, 0.3) is 0 Å². The number of aliphatic hydroxyl groups excluding tert-OH is 6. The smallest absolute Gasteiger partial charge is 0.329 e. The van der Waals surface area contributed by atoms with Crippen LogP contribution in [-0.4, -0.2) is 116 Å². The van der Waals surface area contributed by atoms with Gasteiger partial charge in [0.05, 0.1) is 24.9 Å². The summed E-state index contributed by atoms with van der Waals surface area (Å²) in [6.45, 7) is 0.390. The number of ether oxygens (including phenoxy) is 3. The molecule has 0 amide bonds. The summed E-state index contributed by atoms with van der Waals surface area (Å²) >= 11 is 0.